The lowest BCUT2D eigenvalue weighted by molar-refractivity contribution is 0.438. The Balaban J connectivity index is 2.20. The van der Waals surface area contributed by atoms with Crippen LogP contribution in [-0.4, -0.2) is 19.1 Å². The van der Waals surface area contributed by atoms with E-state index in [0.717, 1.165) is 12.3 Å². The molecule has 1 aromatic carbocycles. The van der Waals surface area contributed by atoms with Gasteiger partial charge < -0.3 is 10.6 Å². The van der Waals surface area contributed by atoms with Gasteiger partial charge in [0.1, 0.15) is 0 Å². The molecule has 1 saturated heterocycles. The molecule has 1 fully saturated rings. The molecule has 0 spiro atoms. The average molecular weight is 246 g/mol. The van der Waals surface area contributed by atoms with Gasteiger partial charge in [0.2, 0.25) is 0 Å². The van der Waals surface area contributed by atoms with Gasteiger partial charge in [-0.2, -0.15) is 0 Å². The Morgan fingerprint density at radius 2 is 2.00 bits per heavy atom. The number of hydrogen-bond donors (Lipinski definition) is 1. The Morgan fingerprint density at radius 1 is 1.33 bits per heavy atom. The van der Waals surface area contributed by atoms with Crippen LogP contribution in [0.15, 0.2) is 18.2 Å². The molecule has 100 valence electrons. The highest BCUT2D eigenvalue weighted by Crippen LogP contribution is 2.27. The number of anilines is 1. The Labute approximate surface area is 111 Å². The first kappa shape index (κ1) is 13.4. The second-order valence-corrected chi connectivity index (χ2v) is 5.98. The summed E-state index contributed by atoms with van der Waals surface area (Å²) in [7, 11) is 0. The summed E-state index contributed by atoms with van der Waals surface area (Å²) in [6, 6.07) is 7.03. The van der Waals surface area contributed by atoms with Gasteiger partial charge in [-0.15, -0.1) is 0 Å². The van der Waals surface area contributed by atoms with Crippen LogP contribution < -0.4 is 10.6 Å². The number of rotatable bonds is 3. The average Bonchev–Trinajstić information content (AvgIpc) is 2.30. The molecule has 0 saturated carbocycles. The van der Waals surface area contributed by atoms with Crippen LogP contribution in [0, 0.1) is 12.8 Å². The van der Waals surface area contributed by atoms with E-state index in [9.17, 15) is 0 Å². The molecule has 2 nitrogen and oxygen atoms in total. The maximum absolute atomic E-state index is 5.98. The van der Waals surface area contributed by atoms with E-state index in [-0.39, 0.29) is 6.04 Å². The summed E-state index contributed by atoms with van der Waals surface area (Å²) in [5.41, 5.74) is 10.1. The number of aryl methyl sites for hydroxylation is 1. The number of piperidine rings is 1. The smallest absolute Gasteiger partial charge is 0.0399 e. The lowest BCUT2D eigenvalue weighted by Gasteiger charge is -2.34. The number of nitrogens with two attached hydrogens (primary N) is 1. The van der Waals surface area contributed by atoms with Crippen molar-refractivity contribution in [3.05, 3.63) is 29.3 Å². The van der Waals surface area contributed by atoms with Crippen molar-refractivity contribution in [2.75, 3.05) is 18.0 Å². The van der Waals surface area contributed by atoms with E-state index in [4.69, 9.17) is 5.73 Å². The summed E-state index contributed by atoms with van der Waals surface area (Å²) in [5.74, 6) is 0.878. The molecule has 0 radical (unpaired) electrons. The van der Waals surface area contributed by atoms with Crippen LogP contribution in [0.4, 0.5) is 5.69 Å². The van der Waals surface area contributed by atoms with Crippen LogP contribution >= 0.6 is 0 Å². The quantitative estimate of drug-likeness (QED) is 0.888. The summed E-state index contributed by atoms with van der Waals surface area (Å²) in [6.07, 6.45) is 3.60. The molecule has 1 aliphatic heterocycles. The lowest BCUT2D eigenvalue weighted by atomic mass is 9.96. The summed E-state index contributed by atoms with van der Waals surface area (Å²) in [4.78, 5) is 2.54. The minimum Gasteiger partial charge on any atom is -0.371 e. The van der Waals surface area contributed by atoms with Gasteiger partial charge in [0.15, 0.2) is 0 Å². The molecule has 18 heavy (non-hydrogen) atoms. The van der Waals surface area contributed by atoms with Crippen molar-refractivity contribution in [2.45, 2.75) is 46.1 Å². The standard InChI is InChI=1S/C16H26N2/c1-12-6-8-18(9-7-12)16-5-4-13(2)10-15(16)11-14(3)17/h4-5,10,12,14H,6-9,11,17H2,1-3H3. The monoisotopic (exact) mass is 246 g/mol. The van der Waals surface area contributed by atoms with Crippen molar-refractivity contribution < 1.29 is 0 Å². The third-order valence-electron chi connectivity index (χ3n) is 3.90. The van der Waals surface area contributed by atoms with Crippen molar-refractivity contribution >= 4 is 5.69 Å². The Kier molecular flexibility index (Phi) is 4.28. The number of hydrogen-bond acceptors (Lipinski definition) is 2. The maximum atomic E-state index is 5.98. The first-order valence-corrected chi connectivity index (χ1v) is 7.16. The van der Waals surface area contributed by atoms with Crippen LogP contribution in [0.2, 0.25) is 0 Å². The van der Waals surface area contributed by atoms with E-state index in [0.29, 0.717) is 0 Å². The zero-order valence-corrected chi connectivity index (χ0v) is 11.9. The first-order chi connectivity index (χ1) is 8.56. The molecule has 1 atom stereocenters. The molecular weight excluding hydrogens is 220 g/mol. The predicted octanol–water partition coefficient (Wildman–Crippen LogP) is 3.12. The molecule has 2 heteroatoms. The fraction of sp³-hybridized carbons (Fsp3) is 0.625. The van der Waals surface area contributed by atoms with Crippen molar-refractivity contribution in [3.63, 3.8) is 0 Å². The predicted molar refractivity (Wildman–Crippen MR) is 79.1 cm³/mol. The van der Waals surface area contributed by atoms with Crippen molar-refractivity contribution in [1.82, 2.24) is 0 Å². The van der Waals surface area contributed by atoms with E-state index < -0.39 is 0 Å². The molecule has 1 aliphatic rings. The van der Waals surface area contributed by atoms with E-state index in [1.165, 1.54) is 42.7 Å². The largest absolute Gasteiger partial charge is 0.371 e. The molecule has 2 N–H and O–H groups in total. The third-order valence-corrected chi connectivity index (χ3v) is 3.90. The van der Waals surface area contributed by atoms with Gasteiger partial charge in [0.05, 0.1) is 0 Å². The summed E-state index contributed by atoms with van der Waals surface area (Å²) < 4.78 is 0. The molecule has 2 rings (SSSR count). The molecule has 0 aromatic heterocycles. The van der Waals surface area contributed by atoms with Crippen LogP contribution in [-0.2, 0) is 6.42 Å². The van der Waals surface area contributed by atoms with E-state index in [1.807, 2.05) is 0 Å². The lowest BCUT2D eigenvalue weighted by Crippen LogP contribution is -2.34. The van der Waals surface area contributed by atoms with Gasteiger partial charge in [-0.3, -0.25) is 0 Å². The topological polar surface area (TPSA) is 29.3 Å². The van der Waals surface area contributed by atoms with Gasteiger partial charge >= 0.3 is 0 Å². The molecule has 1 heterocycles. The summed E-state index contributed by atoms with van der Waals surface area (Å²) >= 11 is 0. The highest BCUT2D eigenvalue weighted by atomic mass is 15.1. The van der Waals surface area contributed by atoms with Crippen LogP contribution in [0.25, 0.3) is 0 Å². The van der Waals surface area contributed by atoms with Crippen molar-refractivity contribution in [3.8, 4) is 0 Å². The van der Waals surface area contributed by atoms with Gasteiger partial charge in [0.25, 0.3) is 0 Å². The van der Waals surface area contributed by atoms with Crippen molar-refractivity contribution in [2.24, 2.45) is 11.7 Å². The Hall–Kier alpha value is -1.02. The Bertz CT molecular complexity index is 390. The molecule has 1 aromatic rings. The Morgan fingerprint density at radius 3 is 2.61 bits per heavy atom. The van der Waals surface area contributed by atoms with E-state index in [2.05, 4.69) is 43.9 Å². The zero-order chi connectivity index (χ0) is 13.1. The third kappa shape index (κ3) is 3.26. The molecule has 0 bridgehead atoms. The van der Waals surface area contributed by atoms with Crippen LogP contribution in [0.5, 0.6) is 0 Å². The van der Waals surface area contributed by atoms with Gasteiger partial charge in [-0.1, -0.05) is 24.6 Å². The molecule has 0 aliphatic carbocycles. The molecule has 1 unspecified atom stereocenters. The van der Waals surface area contributed by atoms with Crippen LogP contribution in [0.1, 0.15) is 37.8 Å². The molecule has 0 amide bonds. The van der Waals surface area contributed by atoms with Gasteiger partial charge in [-0.05, 0) is 50.7 Å². The normalized spacial score (nSPS) is 19.0. The first-order valence-electron chi connectivity index (χ1n) is 7.16. The SMILES string of the molecule is Cc1ccc(N2CCC(C)CC2)c(CC(C)N)c1. The van der Waals surface area contributed by atoms with E-state index >= 15 is 0 Å². The fourth-order valence-corrected chi connectivity index (χ4v) is 2.78. The van der Waals surface area contributed by atoms with Gasteiger partial charge in [-0.25, -0.2) is 0 Å². The number of benzene rings is 1. The highest BCUT2D eigenvalue weighted by molar-refractivity contribution is 5.55. The number of nitrogens with zero attached hydrogens (tertiary/aromatic N) is 1. The summed E-state index contributed by atoms with van der Waals surface area (Å²) in [6.45, 7) is 8.98. The second kappa shape index (κ2) is 5.75. The van der Waals surface area contributed by atoms with E-state index in [1.54, 1.807) is 0 Å². The zero-order valence-electron chi connectivity index (χ0n) is 11.9. The minimum atomic E-state index is 0.231. The highest BCUT2D eigenvalue weighted by Gasteiger charge is 2.18. The second-order valence-electron chi connectivity index (χ2n) is 5.98. The fourth-order valence-electron chi connectivity index (χ4n) is 2.78. The minimum absolute atomic E-state index is 0.231. The van der Waals surface area contributed by atoms with Crippen LogP contribution in [0.3, 0.4) is 0 Å². The molecular formula is C16H26N2. The van der Waals surface area contributed by atoms with Gasteiger partial charge in [0, 0.05) is 24.8 Å². The van der Waals surface area contributed by atoms with Crippen molar-refractivity contribution in [1.29, 1.82) is 0 Å². The summed E-state index contributed by atoms with van der Waals surface area (Å²) in [5, 5.41) is 0. The maximum Gasteiger partial charge on any atom is 0.0399 e.